The van der Waals surface area contributed by atoms with Gasteiger partial charge in [-0.15, -0.1) is 0 Å². The van der Waals surface area contributed by atoms with Crippen molar-refractivity contribution in [1.29, 1.82) is 0 Å². The van der Waals surface area contributed by atoms with Crippen molar-refractivity contribution in [2.45, 2.75) is 26.4 Å². The van der Waals surface area contributed by atoms with E-state index in [1.807, 2.05) is 13.8 Å². The van der Waals surface area contributed by atoms with Crippen molar-refractivity contribution in [3.8, 4) is 0 Å². The van der Waals surface area contributed by atoms with Crippen molar-refractivity contribution < 1.29 is 18.0 Å². The van der Waals surface area contributed by atoms with Gasteiger partial charge in [0.15, 0.2) is 0 Å². The first-order valence-corrected chi connectivity index (χ1v) is 5.89. The van der Waals surface area contributed by atoms with E-state index in [1.165, 1.54) is 6.07 Å². The maximum absolute atomic E-state index is 12.7. The summed E-state index contributed by atoms with van der Waals surface area (Å²) in [6, 6.07) is 3.39. The number of carbonyl (C=O) groups is 1. The van der Waals surface area contributed by atoms with E-state index in [1.54, 1.807) is 0 Å². The minimum atomic E-state index is -4.52. The first-order valence-electron chi connectivity index (χ1n) is 5.89. The molecule has 1 amide bonds. The minimum Gasteiger partial charge on any atom is -0.398 e. The summed E-state index contributed by atoms with van der Waals surface area (Å²) in [6.45, 7) is 3.89. The zero-order chi connectivity index (χ0) is 14.4. The van der Waals surface area contributed by atoms with Crippen LogP contribution in [0, 0.1) is 11.3 Å². The Hall–Kier alpha value is -1.72. The van der Waals surface area contributed by atoms with E-state index < -0.39 is 11.7 Å². The van der Waals surface area contributed by atoms with E-state index in [2.05, 4.69) is 5.32 Å². The maximum Gasteiger partial charge on any atom is 0.418 e. The fourth-order valence-electron chi connectivity index (χ4n) is 2.02. The highest BCUT2D eigenvalue weighted by Crippen LogP contribution is 2.52. The van der Waals surface area contributed by atoms with E-state index in [4.69, 9.17) is 5.73 Å². The van der Waals surface area contributed by atoms with Crippen LogP contribution in [0.5, 0.6) is 0 Å². The van der Waals surface area contributed by atoms with Crippen molar-refractivity contribution in [1.82, 2.24) is 0 Å². The summed E-state index contributed by atoms with van der Waals surface area (Å²) in [5, 5.41) is 2.50. The van der Waals surface area contributed by atoms with Crippen molar-refractivity contribution in [3.63, 3.8) is 0 Å². The van der Waals surface area contributed by atoms with Crippen LogP contribution in [0.2, 0.25) is 0 Å². The van der Waals surface area contributed by atoms with Crippen LogP contribution in [0.15, 0.2) is 18.2 Å². The smallest absolute Gasteiger partial charge is 0.398 e. The Labute approximate surface area is 109 Å². The number of hydrogen-bond donors (Lipinski definition) is 2. The first-order chi connectivity index (χ1) is 8.61. The SMILES string of the molecule is CC1(C)CC1C(=O)Nc1ccc(N)c(C(F)(F)F)c1. The number of nitrogen functional groups attached to an aromatic ring is 1. The summed E-state index contributed by atoms with van der Waals surface area (Å²) in [7, 11) is 0. The van der Waals surface area contributed by atoms with Crippen LogP contribution in [0.4, 0.5) is 24.5 Å². The third-order valence-corrected chi connectivity index (χ3v) is 3.46. The Morgan fingerprint density at radius 2 is 2.00 bits per heavy atom. The molecule has 2 rings (SSSR count). The Balaban J connectivity index is 2.16. The van der Waals surface area contributed by atoms with Crippen LogP contribution in [-0.2, 0) is 11.0 Å². The minimum absolute atomic E-state index is 0.0647. The highest BCUT2D eigenvalue weighted by molar-refractivity contribution is 5.95. The van der Waals surface area contributed by atoms with Gasteiger partial charge in [0, 0.05) is 17.3 Å². The Kier molecular flexibility index (Phi) is 2.99. The number of rotatable bonds is 2. The third kappa shape index (κ3) is 2.83. The predicted molar refractivity (Wildman–Crippen MR) is 66.4 cm³/mol. The average molecular weight is 272 g/mol. The molecule has 1 aromatic rings. The number of hydrogen-bond acceptors (Lipinski definition) is 2. The second-order valence-electron chi connectivity index (χ2n) is 5.53. The van der Waals surface area contributed by atoms with Gasteiger partial charge in [0.25, 0.3) is 0 Å². The monoisotopic (exact) mass is 272 g/mol. The Bertz CT molecular complexity index is 523. The van der Waals surface area contributed by atoms with Crippen LogP contribution in [0.1, 0.15) is 25.8 Å². The summed E-state index contributed by atoms with van der Waals surface area (Å²) in [5.74, 6) is -0.387. The van der Waals surface area contributed by atoms with E-state index in [0.717, 1.165) is 18.6 Å². The lowest BCUT2D eigenvalue weighted by molar-refractivity contribution is -0.137. The number of anilines is 2. The van der Waals surface area contributed by atoms with E-state index in [-0.39, 0.29) is 28.6 Å². The number of nitrogens with two attached hydrogens (primary N) is 1. The zero-order valence-corrected chi connectivity index (χ0v) is 10.6. The topological polar surface area (TPSA) is 55.1 Å². The maximum atomic E-state index is 12.7. The highest BCUT2D eigenvalue weighted by Gasteiger charge is 2.50. The number of halogens is 3. The molecule has 0 spiro atoms. The second kappa shape index (κ2) is 4.15. The zero-order valence-electron chi connectivity index (χ0n) is 10.6. The van der Waals surface area contributed by atoms with E-state index in [9.17, 15) is 18.0 Å². The van der Waals surface area contributed by atoms with Crippen molar-refractivity contribution >= 4 is 17.3 Å². The molecule has 1 aliphatic rings. The van der Waals surface area contributed by atoms with Gasteiger partial charge in [-0.2, -0.15) is 13.2 Å². The van der Waals surface area contributed by atoms with Gasteiger partial charge in [-0.3, -0.25) is 4.79 Å². The fourth-order valence-corrected chi connectivity index (χ4v) is 2.02. The lowest BCUT2D eigenvalue weighted by Crippen LogP contribution is -2.17. The van der Waals surface area contributed by atoms with Gasteiger partial charge in [-0.25, -0.2) is 0 Å². The van der Waals surface area contributed by atoms with Crippen LogP contribution in [0.25, 0.3) is 0 Å². The quantitative estimate of drug-likeness (QED) is 0.812. The Morgan fingerprint density at radius 3 is 2.47 bits per heavy atom. The average Bonchev–Trinajstić information content (AvgIpc) is 2.89. The Morgan fingerprint density at radius 1 is 1.42 bits per heavy atom. The molecule has 0 aromatic heterocycles. The molecule has 0 heterocycles. The van der Waals surface area contributed by atoms with Crippen molar-refractivity contribution in [2.75, 3.05) is 11.1 Å². The van der Waals surface area contributed by atoms with Gasteiger partial charge in [0.1, 0.15) is 0 Å². The normalized spacial score (nSPS) is 21.0. The summed E-state index contributed by atoms with van der Waals surface area (Å²) in [5.41, 5.74) is 4.06. The fraction of sp³-hybridized carbons (Fsp3) is 0.462. The van der Waals surface area contributed by atoms with Crippen LogP contribution < -0.4 is 11.1 Å². The molecule has 1 atom stereocenters. The molecule has 19 heavy (non-hydrogen) atoms. The molecular formula is C13H15F3N2O. The number of alkyl halides is 3. The van der Waals surface area contributed by atoms with Gasteiger partial charge in [-0.05, 0) is 30.0 Å². The molecule has 104 valence electrons. The molecule has 3 N–H and O–H groups in total. The highest BCUT2D eigenvalue weighted by atomic mass is 19.4. The first kappa shape index (κ1) is 13.7. The number of amides is 1. The molecule has 1 aliphatic carbocycles. The summed E-state index contributed by atoms with van der Waals surface area (Å²) in [4.78, 5) is 11.8. The van der Waals surface area contributed by atoms with E-state index in [0.29, 0.717) is 0 Å². The third-order valence-electron chi connectivity index (χ3n) is 3.46. The lowest BCUT2D eigenvalue weighted by Gasteiger charge is -2.13. The predicted octanol–water partition coefficient (Wildman–Crippen LogP) is 3.27. The van der Waals surface area contributed by atoms with Crippen LogP contribution >= 0.6 is 0 Å². The molecule has 0 aliphatic heterocycles. The second-order valence-corrected chi connectivity index (χ2v) is 5.53. The molecular weight excluding hydrogens is 257 g/mol. The van der Waals surface area contributed by atoms with Crippen molar-refractivity contribution in [2.24, 2.45) is 11.3 Å². The molecule has 1 saturated carbocycles. The summed E-state index contributed by atoms with van der Waals surface area (Å²) < 4.78 is 38.0. The van der Waals surface area contributed by atoms with Gasteiger partial charge in [0.05, 0.1) is 5.56 Å². The molecule has 0 bridgehead atoms. The molecule has 0 saturated heterocycles. The van der Waals surface area contributed by atoms with Crippen molar-refractivity contribution in [3.05, 3.63) is 23.8 Å². The van der Waals surface area contributed by atoms with E-state index >= 15 is 0 Å². The van der Waals surface area contributed by atoms with Gasteiger partial charge >= 0.3 is 6.18 Å². The standard InChI is InChI=1S/C13H15F3N2O/c1-12(2)6-9(12)11(19)18-7-3-4-10(17)8(5-7)13(14,15)16/h3-5,9H,6,17H2,1-2H3,(H,18,19). The summed E-state index contributed by atoms with van der Waals surface area (Å²) >= 11 is 0. The molecule has 6 heteroatoms. The molecule has 1 unspecified atom stereocenters. The largest absolute Gasteiger partial charge is 0.418 e. The number of benzene rings is 1. The van der Waals surface area contributed by atoms with Gasteiger partial charge in [0.2, 0.25) is 5.91 Å². The van der Waals surface area contributed by atoms with Gasteiger partial charge < -0.3 is 11.1 Å². The summed E-state index contributed by atoms with van der Waals surface area (Å²) in [6.07, 6.45) is -3.77. The van der Waals surface area contributed by atoms with Crippen LogP contribution in [-0.4, -0.2) is 5.91 Å². The lowest BCUT2D eigenvalue weighted by atomic mass is 10.1. The van der Waals surface area contributed by atoms with Crippen LogP contribution in [0.3, 0.4) is 0 Å². The number of nitrogens with one attached hydrogen (secondary N) is 1. The molecule has 1 fully saturated rings. The van der Waals surface area contributed by atoms with Gasteiger partial charge in [-0.1, -0.05) is 13.8 Å². The molecule has 0 radical (unpaired) electrons. The number of carbonyl (C=O) groups excluding carboxylic acids is 1. The molecule has 1 aromatic carbocycles. The molecule has 3 nitrogen and oxygen atoms in total.